The molecule has 2 aromatic rings. The molecule has 1 aromatic carbocycles. The van der Waals surface area contributed by atoms with Crippen molar-refractivity contribution in [3.63, 3.8) is 0 Å². The maximum Gasteiger partial charge on any atom is 0.238 e. The standard InChI is InChI=1S/C16H22N4O3S/c1-20(2)15-18-16(24-19-15)17-13-10-22-8-7-14(13)23-12-5-3-11(9-21)4-6-12/h3-6,13-14,21H,7-10H2,1-2H3,(H,17,18,19)/t13-,14-/m1/s1. The molecule has 0 bridgehead atoms. The van der Waals surface area contributed by atoms with Gasteiger partial charge < -0.3 is 24.8 Å². The first-order chi connectivity index (χ1) is 11.7. The van der Waals surface area contributed by atoms with E-state index in [4.69, 9.17) is 14.6 Å². The predicted molar refractivity (Wildman–Crippen MR) is 93.9 cm³/mol. The Morgan fingerprint density at radius 3 is 2.83 bits per heavy atom. The first-order valence-electron chi connectivity index (χ1n) is 7.87. The number of nitrogens with one attached hydrogen (secondary N) is 1. The van der Waals surface area contributed by atoms with Crippen LogP contribution in [-0.4, -0.2) is 53.9 Å². The molecule has 0 aliphatic carbocycles. The van der Waals surface area contributed by atoms with Crippen molar-refractivity contribution in [3.05, 3.63) is 29.8 Å². The van der Waals surface area contributed by atoms with Crippen molar-refractivity contribution in [1.29, 1.82) is 0 Å². The van der Waals surface area contributed by atoms with Crippen LogP contribution in [0.3, 0.4) is 0 Å². The summed E-state index contributed by atoms with van der Waals surface area (Å²) in [6, 6.07) is 7.51. The lowest BCUT2D eigenvalue weighted by atomic mass is 10.1. The van der Waals surface area contributed by atoms with E-state index >= 15 is 0 Å². The Labute approximate surface area is 145 Å². The second-order valence-corrected chi connectivity index (χ2v) is 6.62. The monoisotopic (exact) mass is 350 g/mol. The molecule has 3 rings (SSSR count). The minimum Gasteiger partial charge on any atom is -0.488 e. The second kappa shape index (κ2) is 7.78. The third-order valence-corrected chi connectivity index (χ3v) is 4.45. The zero-order valence-electron chi connectivity index (χ0n) is 13.8. The van der Waals surface area contributed by atoms with Gasteiger partial charge in [0.25, 0.3) is 0 Å². The van der Waals surface area contributed by atoms with Crippen LogP contribution in [0.4, 0.5) is 11.1 Å². The van der Waals surface area contributed by atoms with Crippen LogP contribution in [0.1, 0.15) is 12.0 Å². The molecule has 1 aliphatic rings. The van der Waals surface area contributed by atoms with Crippen LogP contribution in [0.5, 0.6) is 5.75 Å². The van der Waals surface area contributed by atoms with E-state index in [1.807, 2.05) is 43.3 Å². The van der Waals surface area contributed by atoms with Gasteiger partial charge in [0.15, 0.2) is 0 Å². The molecule has 1 fully saturated rings. The second-order valence-electron chi connectivity index (χ2n) is 5.87. The lowest BCUT2D eigenvalue weighted by molar-refractivity contribution is 0.0148. The Hall–Kier alpha value is -1.90. The average molecular weight is 350 g/mol. The van der Waals surface area contributed by atoms with E-state index in [0.717, 1.165) is 22.9 Å². The highest BCUT2D eigenvalue weighted by Crippen LogP contribution is 2.23. The van der Waals surface area contributed by atoms with Crippen LogP contribution < -0.4 is 15.0 Å². The number of nitrogens with zero attached hydrogens (tertiary/aromatic N) is 3. The largest absolute Gasteiger partial charge is 0.488 e. The van der Waals surface area contributed by atoms with Gasteiger partial charge in [-0.3, -0.25) is 0 Å². The fourth-order valence-electron chi connectivity index (χ4n) is 2.46. The molecule has 7 nitrogen and oxygen atoms in total. The minimum absolute atomic E-state index is 0.00886. The van der Waals surface area contributed by atoms with E-state index in [2.05, 4.69) is 14.7 Å². The lowest BCUT2D eigenvalue weighted by Gasteiger charge is -2.32. The number of hydrogen-bond donors (Lipinski definition) is 2. The number of rotatable bonds is 6. The molecule has 8 heteroatoms. The molecule has 2 atom stereocenters. The molecule has 0 unspecified atom stereocenters. The molecule has 2 N–H and O–H groups in total. The van der Waals surface area contributed by atoms with Gasteiger partial charge in [0.2, 0.25) is 11.1 Å². The maximum atomic E-state index is 9.11. The molecule has 0 saturated carbocycles. The molecule has 130 valence electrons. The molecule has 2 heterocycles. The van der Waals surface area contributed by atoms with E-state index in [-0.39, 0.29) is 18.8 Å². The van der Waals surface area contributed by atoms with Crippen molar-refractivity contribution >= 4 is 22.6 Å². The number of benzene rings is 1. The Morgan fingerprint density at radius 1 is 1.38 bits per heavy atom. The van der Waals surface area contributed by atoms with Crippen molar-refractivity contribution in [2.45, 2.75) is 25.2 Å². The minimum atomic E-state index is -0.00886. The van der Waals surface area contributed by atoms with Gasteiger partial charge in [-0.25, -0.2) is 0 Å². The number of ether oxygens (including phenoxy) is 2. The quantitative estimate of drug-likeness (QED) is 0.821. The summed E-state index contributed by atoms with van der Waals surface area (Å²) >= 11 is 1.33. The van der Waals surface area contributed by atoms with Crippen LogP contribution in [0, 0.1) is 0 Å². The summed E-state index contributed by atoms with van der Waals surface area (Å²) in [6.07, 6.45) is 0.795. The van der Waals surface area contributed by atoms with E-state index in [9.17, 15) is 0 Å². The number of aliphatic hydroxyl groups is 1. The van der Waals surface area contributed by atoms with Crippen molar-refractivity contribution in [2.75, 3.05) is 37.5 Å². The van der Waals surface area contributed by atoms with E-state index < -0.39 is 0 Å². The smallest absolute Gasteiger partial charge is 0.238 e. The van der Waals surface area contributed by atoms with Gasteiger partial charge in [-0.05, 0) is 17.7 Å². The van der Waals surface area contributed by atoms with Crippen LogP contribution >= 0.6 is 11.5 Å². The normalized spacial score (nSPS) is 20.6. The molecule has 0 amide bonds. The zero-order chi connectivity index (χ0) is 16.9. The van der Waals surface area contributed by atoms with Crippen molar-refractivity contribution in [1.82, 2.24) is 9.36 Å². The van der Waals surface area contributed by atoms with Crippen molar-refractivity contribution < 1.29 is 14.6 Å². The lowest BCUT2D eigenvalue weighted by Crippen LogP contribution is -2.45. The van der Waals surface area contributed by atoms with Crippen LogP contribution in [0.2, 0.25) is 0 Å². The Kier molecular flexibility index (Phi) is 5.49. The van der Waals surface area contributed by atoms with Gasteiger partial charge in [-0.15, -0.1) is 0 Å². The number of hydrogen-bond acceptors (Lipinski definition) is 8. The fraction of sp³-hybridized carbons (Fsp3) is 0.500. The van der Waals surface area contributed by atoms with Gasteiger partial charge in [0, 0.05) is 32.0 Å². The number of aromatic nitrogens is 2. The van der Waals surface area contributed by atoms with Crippen molar-refractivity contribution in [2.24, 2.45) is 0 Å². The van der Waals surface area contributed by atoms with E-state index in [0.29, 0.717) is 19.2 Å². The molecule has 1 aliphatic heterocycles. The summed E-state index contributed by atoms with van der Waals surface area (Å²) in [5.41, 5.74) is 0.870. The van der Waals surface area contributed by atoms with Gasteiger partial charge in [0.1, 0.15) is 11.9 Å². The highest BCUT2D eigenvalue weighted by Gasteiger charge is 2.28. The molecule has 1 aromatic heterocycles. The molecular weight excluding hydrogens is 328 g/mol. The molecule has 1 saturated heterocycles. The summed E-state index contributed by atoms with van der Waals surface area (Å²) < 4.78 is 16.0. The Balaban J connectivity index is 1.65. The highest BCUT2D eigenvalue weighted by atomic mass is 32.1. The fourth-order valence-corrected chi connectivity index (χ4v) is 3.16. The molecule has 0 spiro atoms. The van der Waals surface area contributed by atoms with Crippen molar-refractivity contribution in [3.8, 4) is 5.75 Å². The SMILES string of the molecule is CN(C)c1nsc(N[C@@H]2COCC[C@H]2Oc2ccc(CO)cc2)n1. The summed E-state index contributed by atoms with van der Waals surface area (Å²) in [4.78, 5) is 6.32. The maximum absolute atomic E-state index is 9.11. The molecule has 24 heavy (non-hydrogen) atoms. The third kappa shape index (κ3) is 4.14. The molecular formula is C16H22N4O3S. The number of aliphatic hydroxyl groups excluding tert-OH is 1. The van der Waals surface area contributed by atoms with Crippen LogP contribution in [0.25, 0.3) is 0 Å². The van der Waals surface area contributed by atoms with Crippen LogP contribution in [-0.2, 0) is 11.3 Å². The predicted octanol–water partition coefficient (Wildman–Crippen LogP) is 1.74. The van der Waals surface area contributed by atoms with Gasteiger partial charge >= 0.3 is 0 Å². The Morgan fingerprint density at radius 2 is 2.17 bits per heavy atom. The topological polar surface area (TPSA) is 79.7 Å². The first-order valence-corrected chi connectivity index (χ1v) is 8.65. The third-order valence-electron chi connectivity index (χ3n) is 3.81. The summed E-state index contributed by atoms with van der Waals surface area (Å²) in [5, 5.41) is 13.3. The van der Waals surface area contributed by atoms with Gasteiger partial charge in [0.05, 0.1) is 25.9 Å². The average Bonchev–Trinajstić information content (AvgIpc) is 3.06. The zero-order valence-corrected chi connectivity index (χ0v) is 14.6. The van der Waals surface area contributed by atoms with E-state index in [1.54, 1.807) is 0 Å². The Bertz CT molecular complexity index is 647. The summed E-state index contributed by atoms with van der Waals surface area (Å²) in [5.74, 6) is 1.48. The van der Waals surface area contributed by atoms with E-state index in [1.165, 1.54) is 11.5 Å². The highest BCUT2D eigenvalue weighted by molar-refractivity contribution is 7.09. The van der Waals surface area contributed by atoms with Gasteiger partial charge in [-0.1, -0.05) is 12.1 Å². The summed E-state index contributed by atoms with van der Waals surface area (Å²) in [6.45, 7) is 1.28. The number of anilines is 2. The summed E-state index contributed by atoms with van der Waals surface area (Å²) in [7, 11) is 3.83. The first kappa shape index (κ1) is 16.9. The van der Waals surface area contributed by atoms with Gasteiger partial charge in [-0.2, -0.15) is 9.36 Å². The molecule has 0 radical (unpaired) electrons. The van der Waals surface area contributed by atoms with Crippen LogP contribution in [0.15, 0.2) is 24.3 Å².